The van der Waals surface area contributed by atoms with Gasteiger partial charge in [-0.15, -0.1) is 0 Å². The van der Waals surface area contributed by atoms with E-state index in [0.717, 1.165) is 33.9 Å². The molecule has 1 aromatic heterocycles. The molecule has 0 aliphatic heterocycles. The standard InChI is InChI=1S/C14H17BrN2O/c1-9-7-11(5-6-13(9)18-4)8-12-14(15)17(3)10(2)16-12/h5-7H,8H2,1-4H3. The van der Waals surface area contributed by atoms with Crippen molar-refractivity contribution >= 4 is 15.9 Å². The highest BCUT2D eigenvalue weighted by atomic mass is 79.9. The number of hydrogen-bond donors (Lipinski definition) is 0. The fourth-order valence-corrected chi connectivity index (χ4v) is 2.49. The monoisotopic (exact) mass is 308 g/mol. The lowest BCUT2D eigenvalue weighted by Crippen LogP contribution is -1.94. The molecule has 0 N–H and O–H groups in total. The maximum Gasteiger partial charge on any atom is 0.121 e. The quantitative estimate of drug-likeness (QED) is 0.869. The van der Waals surface area contributed by atoms with Crippen molar-refractivity contribution < 1.29 is 4.74 Å². The maximum atomic E-state index is 5.27. The van der Waals surface area contributed by atoms with Crippen LogP contribution in [0.25, 0.3) is 0 Å². The largest absolute Gasteiger partial charge is 0.496 e. The number of hydrogen-bond acceptors (Lipinski definition) is 2. The molecule has 0 spiro atoms. The number of nitrogens with zero attached hydrogens (tertiary/aromatic N) is 2. The third-order valence-electron chi connectivity index (χ3n) is 3.15. The Morgan fingerprint density at radius 3 is 2.56 bits per heavy atom. The highest BCUT2D eigenvalue weighted by molar-refractivity contribution is 9.10. The van der Waals surface area contributed by atoms with Crippen LogP contribution in [0.1, 0.15) is 22.6 Å². The molecule has 0 amide bonds. The number of aryl methyl sites for hydroxylation is 2. The fraction of sp³-hybridized carbons (Fsp3) is 0.357. The number of imidazole rings is 1. The lowest BCUT2D eigenvalue weighted by molar-refractivity contribution is 0.411. The van der Waals surface area contributed by atoms with Gasteiger partial charge in [-0.3, -0.25) is 0 Å². The van der Waals surface area contributed by atoms with E-state index < -0.39 is 0 Å². The Kier molecular flexibility index (Phi) is 3.76. The molecule has 0 atom stereocenters. The summed E-state index contributed by atoms with van der Waals surface area (Å²) >= 11 is 3.58. The molecule has 0 aliphatic rings. The number of methoxy groups -OCH3 is 1. The van der Waals surface area contributed by atoms with E-state index in [1.54, 1.807) is 7.11 Å². The summed E-state index contributed by atoms with van der Waals surface area (Å²) in [6.07, 6.45) is 0.826. The number of halogens is 1. The molecule has 1 heterocycles. The van der Waals surface area contributed by atoms with Crippen LogP contribution in [0.3, 0.4) is 0 Å². The smallest absolute Gasteiger partial charge is 0.121 e. The Labute approximate surface area is 116 Å². The second kappa shape index (κ2) is 5.14. The first-order valence-corrected chi connectivity index (χ1v) is 6.63. The predicted molar refractivity (Wildman–Crippen MR) is 76.2 cm³/mol. The Bertz CT molecular complexity index is 575. The van der Waals surface area contributed by atoms with Crippen molar-refractivity contribution in [3.8, 4) is 5.75 Å². The Morgan fingerprint density at radius 1 is 1.33 bits per heavy atom. The Morgan fingerprint density at radius 2 is 2.06 bits per heavy atom. The second-order valence-electron chi connectivity index (χ2n) is 4.44. The first-order chi connectivity index (χ1) is 8.52. The molecule has 96 valence electrons. The van der Waals surface area contributed by atoms with Crippen molar-refractivity contribution in [2.24, 2.45) is 7.05 Å². The molecule has 0 saturated carbocycles. The van der Waals surface area contributed by atoms with Gasteiger partial charge in [-0.25, -0.2) is 4.98 Å². The summed E-state index contributed by atoms with van der Waals surface area (Å²) < 4.78 is 8.36. The van der Waals surface area contributed by atoms with Crippen molar-refractivity contribution in [2.75, 3.05) is 7.11 Å². The molecule has 2 aromatic rings. The van der Waals surface area contributed by atoms with Gasteiger partial charge in [0.05, 0.1) is 12.8 Å². The predicted octanol–water partition coefficient (Wildman–Crippen LogP) is 3.40. The maximum absolute atomic E-state index is 5.27. The molecule has 0 radical (unpaired) electrons. The molecular weight excluding hydrogens is 292 g/mol. The van der Waals surface area contributed by atoms with E-state index in [2.05, 4.69) is 40.0 Å². The van der Waals surface area contributed by atoms with Crippen molar-refractivity contribution in [1.29, 1.82) is 0 Å². The number of ether oxygens (including phenoxy) is 1. The lowest BCUT2D eigenvalue weighted by Gasteiger charge is -2.06. The van der Waals surface area contributed by atoms with Gasteiger partial charge in [-0.05, 0) is 47.0 Å². The van der Waals surface area contributed by atoms with E-state index in [1.165, 1.54) is 5.56 Å². The van der Waals surface area contributed by atoms with E-state index in [4.69, 9.17) is 4.74 Å². The minimum absolute atomic E-state index is 0.826. The van der Waals surface area contributed by atoms with Crippen molar-refractivity contribution in [3.05, 3.63) is 45.4 Å². The van der Waals surface area contributed by atoms with Crippen molar-refractivity contribution in [1.82, 2.24) is 9.55 Å². The summed E-state index contributed by atoms with van der Waals surface area (Å²) in [5.74, 6) is 1.94. The normalized spacial score (nSPS) is 10.7. The van der Waals surface area contributed by atoms with Gasteiger partial charge in [0.15, 0.2) is 0 Å². The van der Waals surface area contributed by atoms with E-state index >= 15 is 0 Å². The van der Waals surface area contributed by atoms with E-state index in [9.17, 15) is 0 Å². The minimum Gasteiger partial charge on any atom is -0.496 e. The summed E-state index contributed by atoms with van der Waals surface area (Å²) in [6, 6.07) is 6.24. The summed E-state index contributed by atoms with van der Waals surface area (Å²) in [5, 5.41) is 0. The SMILES string of the molecule is COc1ccc(Cc2nc(C)n(C)c2Br)cc1C. The summed E-state index contributed by atoms with van der Waals surface area (Å²) in [6.45, 7) is 4.06. The van der Waals surface area contributed by atoms with E-state index in [0.29, 0.717) is 0 Å². The highest BCUT2D eigenvalue weighted by Crippen LogP contribution is 2.23. The van der Waals surface area contributed by atoms with Gasteiger partial charge >= 0.3 is 0 Å². The lowest BCUT2D eigenvalue weighted by atomic mass is 10.1. The van der Waals surface area contributed by atoms with Gasteiger partial charge in [-0.1, -0.05) is 12.1 Å². The molecular formula is C14H17BrN2O. The number of rotatable bonds is 3. The van der Waals surface area contributed by atoms with Crippen LogP contribution in [-0.4, -0.2) is 16.7 Å². The van der Waals surface area contributed by atoms with E-state index in [-0.39, 0.29) is 0 Å². The van der Waals surface area contributed by atoms with E-state index in [1.807, 2.05) is 24.6 Å². The van der Waals surface area contributed by atoms with Crippen LogP contribution in [-0.2, 0) is 13.5 Å². The van der Waals surface area contributed by atoms with Gasteiger partial charge in [-0.2, -0.15) is 0 Å². The molecule has 0 fully saturated rings. The van der Waals surface area contributed by atoms with Gasteiger partial charge in [0.25, 0.3) is 0 Å². The number of benzene rings is 1. The zero-order valence-electron chi connectivity index (χ0n) is 11.1. The van der Waals surface area contributed by atoms with Crippen LogP contribution >= 0.6 is 15.9 Å². The minimum atomic E-state index is 0.826. The van der Waals surface area contributed by atoms with Crippen molar-refractivity contribution in [3.63, 3.8) is 0 Å². The molecule has 2 rings (SSSR count). The van der Waals surface area contributed by atoms with Crippen LogP contribution in [0.2, 0.25) is 0 Å². The summed E-state index contributed by atoms with van der Waals surface area (Å²) in [4.78, 5) is 4.56. The summed E-state index contributed by atoms with van der Waals surface area (Å²) in [5.41, 5.74) is 3.46. The molecule has 0 bridgehead atoms. The second-order valence-corrected chi connectivity index (χ2v) is 5.19. The molecule has 4 heteroatoms. The molecule has 0 aliphatic carbocycles. The Balaban J connectivity index is 2.28. The first-order valence-electron chi connectivity index (χ1n) is 5.84. The average molecular weight is 309 g/mol. The fourth-order valence-electron chi connectivity index (χ4n) is 2.01. The Hall–Kier alpha value is -1.29. The van der Waals surface area contributed by atoms with Crippen LogP contribution in [0, 0.1) is 13.8 Å². The average Bonchev–Trinajstić information content (AvgIpc) is 2.57. The number of aromatic nitrogens is 2. The van der Waals surface area contributed by atoms with Crippen LogP contribution in [0.15, 0.2) is 22.8 Å². The zero-order valence-corrected chi connectivity index (χ0v) is 12.7. The molecule has 0 unspecified atom stereocenters. The topological polar surface area (TPSA) is 27.1 Å². The molecule has 0 saturated heterocycles. The molecule has 18 heavy (non-hydrogen) atoms. The van der Waals surface area contributed by atoms with Crippen LogP contribution in [0.4, 0.5) is 0 Å². The van der Waals surface area contributed by atoms with Gasteiger partial charge in [0.1, 0.15) is 16.2 Å². The molecule has 3 nitrogen and oxygen atoms in total. The highest BCUT2D eigenvalue weighted by Gasteiger charge is 2.10. The first kappa shape index (κ1) is 13.1. The zero-order chi connectivity index (χ0) is 13.3. The van der Waals surface area contributed by atoms with Crippen LogP contribution < -0.4 is 4.74 Å². The van der Waals surface area contributed by atoms with Crippen molar-refractivity contribution in [2.45, 2.75) is 20.3 Å². The third kappa shape index (κ3) is 2.43. The van der Waals surface area contributed by atoms with Gasteiger partial charge < -0.3 is 9.30 Å². The van der Waals surface area contributed by atoms with Gasteiger partial charge in [0.2, 0.25) is 0 Å². The molecule has 1 aromatic carbocycles. The van der Waals surface area contributed by atoms with Gasteiger partial charge in [0, 0.05) is 13.5 Å². The van der Waals surface area contributed by atoms with Crippen LogP contribution in [0.5, 0.6) is 5.75 Å². The summed E-state index contributed by atoms with van der Waals surface area (Å²) in [7, 11) is 3.70. The third-order valence-corrected chi connectivity index (χ3v) is 4.14.